The van der Waals surface area contributed by atoms with Crippen LogP contribution in [0.25, 0.3) is 6.08 Å². The van der Waals surface area contributed by atoms with E-state index in [1.165, 1.54) is 5.56 Å². The Kier molecular flexibility index (Phi) is 7.42. The number of halogens is 1. The Morgan fingerprint density at radius 2 is 1.89 bits per heavy atom. The maximum atomic E-state index is 12.1. The van der Waals surface area contributed by atoms with Crippen LogP contribution in [0.15, 0.2) is 57.8 Å². The fourth-order valence-corrected chi connectivity index (χ4v) is 3.16. The number of allylic oxidation sites excluding steroid dienone is 1. The van der Waals surface area contributed by atoms with Gasteiger partial charge in [-0.2, -0.15) is 5.10 Å². The molecule has 0 radical (unpaired) electrons. The summed E-state index contributed by atoms with van der Waals surface area (Å²) in [5, 5.41) is 4.77. The molecule has 1 aromatic carbocycles. The van der Waals surface area contributed by atoms with Crippen molar-refractivity contribution in [3.63, 3.8) is 0 Å². The highest BCUT2D eigenvalue weighted by molar-refractivity contribution is 6.30. The molecule has 1 N–H and O–H groups in total. The van der Waals surface area contributed by atoms with Gasteiger partial charge in [0.1, 0.15) is 5.76 Å². The van der Waals surface area contributed by atoms with Crippen LogP contribution in [0.2, 0.25) is 5.02 Å². The number of nitrogens with zero attached hydrogens (tertiary/aromatic N) is 3. The zero-order valence-corrected chi connectivity index (χ0v) is 16.7. The predicted molar refractivity (Wildman–Crippen MR) is 112 cm³/mol. The molecule has 0 saturated carbocycles. The molecule has 148 valence electrons. The summed E-state index contributed by atoms with van der Waals surface area (Å²) in [5.41, 5.74) is 4.74. The first-order chi connectivity index (χ1) is 13.6. The number of hydrogen-bond donors (Lipinski definition) is 1. The highest BCUT2D eigenvalue weighted by atomic mass is 35.5. The minimum Gasteiger partial charge on any atom is -0.465 e. The Balaban J connectivity index is 1.36. The number of carbonyl (C=O) groups excluding carboxylic acids is 1. The number of furan rings is 1. The lowest BCUT2D eigenvalue weighted by atomic mass is 10.2. The molecule has 0 atom stereocenters. The molecule has 2 aromatic rings. The molecule has 2 heterocycles. The smallest absolute Gasteiger partial charge is 0.254 e. The van der Waals surface area contributed by atoms with Crippen LogP contribution in [0, 0.1) is 0 Å². The third kappa shape index (κ3) is 6.64. The summed E-state index contributed by atoms with van der Waals surface area (Å²) >= 11 is 5.93. The summed E-state index contributed by atoms with van der Waals surface area (Å²) in [6.07, 6.45) is 5.09. The molecule has 0 spiro atoms. The van der Waals surface area contributed by atoms with Gasteiger partial charge in [-0.05, 0) is 48.4 Å². The standard InChI is InChI=1S/C21H25ClN4O2/c1-17(13-20-3-2-12-28-20)14-23-24-21(27)16-26-10-8-25(9-11-26)15-18-4-6-19(22)7-5-18/h2-7,12-14H,8-11,15-16H2,1H3,(H,24,27)/b17-13+,23-14+. The lowest BCUT2D eigenvalue weighted by Gasteiger charge is -2.34. The second-order valence-electron chi connectivity index (χ2n) is 6.88. The molecular weight excluding hydrogens is 376 g/mol. The zero-order valence-electron chi connectivity index (χ0n) is 16.0. The summed E-state index contributed by atoms with van der Waals surface area (Å²) in [5.74, 6) is 0.653. The van der Waals surface area contributed by atoms with Crippen LogP contribution in [0.5, 0.6) is 0 Å². The summed E-state index contributed by atoms with van der Waals surface area (Å²) in [6, 6.07) is 11.6. The van der Waals surface area contributed by atoms with Crippen molar-refractivity contribution in [2.45, 2.75) is 13.5 Å². The quantitative estimate of drug-likeness (QED) is 0.572. The molecule has 0 bridgehead atoms. The molecule has 0 aliphatic carbocycles. The van der Waals surface area contributed by atoms with E-state index in [1.807, 2.05) is 37.3 Å². The molecule has 28 heavy (non-hydrogen) atoms. The summed E-state index contributed by atoms with van der Waals surface area (Å²) < 4.78 is 5.24. The van der Waals surface area contributed by atoms with Crippen LogP contribution < -0.4 is 5.43 Å². The first-order valence-corrected chi connectivity index (χ1v) is 9.69. The Labute approximate surface area is 170 Å². The van der Waals surface area contributed by atoms with E-state index >= 15 is 0 Å². The number of benzene rings is 1. The van der Waals surface area contributed by atoms with Gasteiger partial charge in [0.15, 0.2) is 0 Å². The lowest BCUT2D eigenvalue weighted by Crippen LogP contribution is -2.48. The fraction of sp³-hybridized carbons (Fsp3) is 0.333. The topological polar surface area (TPSA) is 61.1 Å². The minimum absolute atomic E-state index is 0.104. The van der Waals surface area contributed by atoms with Crippen molar-refractivity contribution < 1.29 is 9.21 Å². The average Bonchev–Trinajstić information content (AvgIpc) is 3.18. The van der Waals surface area contributed by atoms with E-state index in [-0.39, 0.29) is 5.91 Å². The van der Waals surface area contributed by atoms with Crippen molar-refractivity contribution in [1.82, 2.24) is 15.2 Å². The Morgan fingerprint density at radius 3 is 2.57 bits per heavy atom. The van der Waals surface area contributed by atoms with Crippen LogP contribution in [0.1, 0.15) is 18.2 Å². The predicted octanol–water partition coefficient (Wildman–Crippen LogP) is 3.26. The maximum Gasteiger partial charge on any atom is 0.254 e. The maximum absolute atomic E-state index is 12.1. The van der Waals surface area contributed by atoms with Gasteiger partial charge in [0.2, 0.25) is 0 Å². The van der Waals surface area contributed by atoms with Gasteiger partial charge in [0.05, 0.1) is 19.0 Å². The number of rotatable bonds is 7. The molecule has 0 unspecified atom stereocenters. The molecule has 6 nitrogen and oxygen atoms in total. The molecule has 1 saturated heterocycles. The second kappa shape index (κ2) is 10.2. The van der Waals surface area contributed by atoms with E-state index < -0.39 is 0 Å². The van der Waals surface area contributed by atoms with Crippen LogP contribution >= 0.6 is 11.6 Å². The van der Waals surface area contributed by atoms with Crippen molar-refractivity contribution in [3.05, 3.63) is 64.6 Å². The van der Waals surface area contributed by atoms with Crippen molar-refractivity contribution >= 4 is 29.8 Å². The fourth-order valence-electron chi connectivity index (χ4n) is 3.03. The first-order valence-electron chi connectivity index (χ1n) is 9.31. The van der Waals surface area contributed by atoms with Gasteiger partial charge >= 0.3 is 0 Å². The number of carbonyl (C=O) groups is 1. The first kappa shape index (κ1) is 20.3. The van der Waals surface area contributed by atoms with Gasteiger partial charge in [0, 0.05) is 37.7 Å². The zero-order chi connectivity index (χ0) is 19.8. The van der Waals surface area contributed by atoms with E-state index in [0.717, 1.165) is 49.1 Å². The van der Waals surface area contributed by atoms with E-state index in [9.17, 15) is 4.79 Å². The van der Waals surface area contributed by atoms with Crippen LogP contribution in [0.3, 0.4) is 0 Å². The van der Waals surface area contributed by atoms with Crippen molar-refractivity contribution in [2.24, 2.45) is 5.10 Å². The average molecular weight is 401 g/mol. The third-order valence-corrected chi connectivity index (χ3v) is 4.77. The van der Waals surface area contributed by atoms with E-state index in [1.54, 1.807) is 12.5 Å². The normalized spacial score (nSPS) is 16.6. The van der Waals surface area contributed by atoms with Gasteiger partial charge in [-0.3, -0.25) is 14.6 Å². The molecule has 1 fully saturated rings. The van der Waals surface area contributed by atoms with Crippen LogP contribution in [0.4, 0.5) is 0 Å². The van der Waals surface area contributed by atoms with Gasteiger partial charge < -0.3 is 4.42 Å². The Hall–Kier alpha value is -2.41. The van der Waals surface area contributed by atoms with E-state index in [0.29, 0.717) is 6.54 Å². The number of hydrogen-bond acceptors (Lipinski definition) is 5. The van der Waals surface area contributed by atoms with Crippen molar-refractivity contribution in [1.29, 1.82) is 0 Å². The Morgan fingerprint density at radius 1 is 1.18 bits per heavy atom. The van der Waals surface area contributed by atoms with Gasteiger partial charge in [-0.15, -0.1) is 0 Å². The van der Waals surface area contributed by atoms with Crippen molar-refractivity contribution in [3.8, 4) is 0 Å². The number of amides is 1. The summed E-state index contributed by atoms with van der Waals surface area (Å²) in [4.78, 5) is 16.6. The van der Waals surface area contributed by atoms with Gasteiger partial charge in [-0.25, -0.2) is 5.43 Å². The van der Waals surface area contributed by atoms with Gasteiger partial charge in [-0.1, -0.05) is 23.7 Å². The molecule has 1 aromatic heterocycles. The van der Waals surface area contributed by atoms with E-state index in [4.69, 9.17) is 16.0 Å². The van der Waals surface area contributed by atoms with Crippen molar-refractivity contribution in [2.75, 3.05) is 32.7 Å². The highest BCUT2D eigenvalue weighted by Crippen LogP contribution is 2.13. The highest BCUT2D eigenvalue weighted by Gasteiger charge is 2.18. The summed E-state index contributed by atoms with van der Waals surface area (Å²) in [6.45, 7) is 6.76. The second-order valence-corrected chi connectivity index (χ2v) is 7.31. The van der Waals surface area contributed by atoms with Gasteiger partial charge in [0.25, 0.3) is 5.91 Å². The number of nitrogens with one attached hydrogen (secondary N) is 1. The monoisotopic (exact) mass is 400 g/mol. The molecule has 1 aliphatic rings. The molecule has 1 amide bonds. The summed E-state index contributed by atoms with van der Waals surface area (Å²) in [7, 11) is 0. The molecule has 7 heteroatoms. The Bertz CT molecular complexity index is 807. The van der Waals surface area contributed by atoms with Crippen LogP contribution in [-0.4, -0.2) is 54.6 Å². The van der Waals surface area contributed by atoms with E-state index in [2.05, 4.69) is 32.5 Å². The SMILES string of the molecule is CC(/C=N/NC(=O)CN1CCN(Cc2ccc(Cl)cc2)CC1)=C\c1ccco1. The molecular formula is C21H25ClN4O2. The number of piperazine rings is 1. The lowest BCUT2D eigenvalue weighted by molar-refractivity contribution is -0.122. The molecule has 3 rings (SSSR count). The number of hydrazone groups is 1. The largest absolute Gasteiger partial charge is 0.465 e. The van der Waals surface area contributed by atoms with Crippen LogP contribution in [-0.2, 0) is 11.3 Å². The molecule has 1 aliphatic heterocycles. The minimum atomic E-state index is -0.104. The third-order valence-electron chi connectivity index (χ3n) is 4.52.